The number of hydrogen-bond donors (Lipinski definition) is 4. The summed E-state index contributed by atoms with van der Waals surface area (Å²) in [4.78, 5) is 17.5. The maximum absolute atomic E-state index is 13.4. The van der Waals surface area contributed by atoms with Crippen molar-refractivity contribution in [3.63, 3.8) is 0 Å². The number of amides is 1. The van der Waals surface area contributed by atoms with Crippen molar-refractivity contribution in [2.24, 2.45) is 16.8 Å². The van der Waals surface area contributed by atoms with Crippen LogP contribution in [0.5, 0.6) is 0 Å². The Morgan fingerprint density at radius 1 is 1.03 bits per heavy atom. The van der Waals surface area contributed by atoms with Crippen LogP contribution in [0.2, 0.25) is 0 Å². The van der Waals surface area contributed by atoms with Gasteiger partial charge in [-0.05, 0) is 78.1 Å². The van der Waals surface area contributed by atoms with E-state index in [9.17, 15) is 9.18 Å². The molecule has 0 radical (unpaired) electrons. The van der Waals surface area contributed by atoms with Crippen LogP contribution in [-0.4, -0.2) is 41.2 Å². The molecule has 0 aromatic heterocycles. The molecule has 0 aromatic carbocycles. The molecule has 0 aromatic rings. The summed E-state index contributed by atoms with van der Waals surface area (Å²) in [6, 6.07) is 0.293. The maximum Gasteiger partial charge on any atom is 0.229 e. The van der Waals surface area contributed by atoms with E-state index in [1.54, 1.807) is 0 Å². The standard InChI is InChI=1S/C21H37ClFN5O/c1-21(2,3)26-20(25-19(29)14-4-8-15(22)9-5-14)24-18-12-17(27-28-18)13-6-10-16(23)11-7-13/h13-18,27-28H,4-12H2,1-3H3,(H2,24,25,26,29). The topological polar surface area (TPSA) is 77.6 Å². The summed E-state index contributed by atoms with van der Waals surface area (Å²) in [5, 5.41) is 6.55. The quantitative estimate of drug-likeness (QED) is 0.315. The van der Waals surface area contributed by atoms with Gasteiger partial charge in [0.15, 0.2) is 5.96 Å². The van der Waals surface area contributed by atoms with Gasteiger partial charge in [0, 0.05) is 29.3 Å². The van der Waals surface area contributed by atoms with Gasteiger partial charge in [-0.2, -0.15) is 0 Å². The molecule has 3 rings (SSSR count). The van der Waals surface area contributed by atoms with E-state index in [1.807, 2.05) is 20.8 Å². The predicted molar refractivity (Wildman–Crippen MR) is 115 cm³/mol. The zero-order valence-electron chi connectivity index (χ0n) is 17.9. The fourth-order valence-corrected chi connectivity index (χ4v) is 4.83. The number of aliphatic imine (C=N–C) groups is 1. The highest BCUT2D eigenvalue weighted by molar-refractivity contribution is 6.20. The first kappa shape index (κ1) is 22.8. The highest BCUT2D eigenvalue weighted by Crippen LogP contribution is 2.31. The molecule has 1 amide bonds. The molecule has 2 aliphatic carbocycles. The van der Waals surface area contributed by atoms with E-state index >= 15 is 0 Å². The lowest BCUT2D eigenvalue weighted by atomic mass is 9.82. The van der Waals surface area contributed by atoms with E-state index in [2.05, 4.69) is 21.5 Å². The van der Waals surface area contributed by atoms with Crippen molar-refractivity contribution in [1.82, 2.24) is 21.5 Å². The molecule has 3 aliphatic rings. The molecule has 29 heavy (non-hydrogen) atoms. The summed E-state index contributed by atoms with van der Waals surface area (Å²) in [6.07, 6.45) is 6.66. The Morgan fingerprint density at radius 3 is 2.31 bits per heavy atom. The minimum absolute atomic E-state index is 0.00438. The van der Waals surface area contributed by atoms with Gasteiger partial charge in [0.25, 0.3) is 0 Å². The van der Waals surface area contributed by atoms with E-state index in [0.717, 1.165) is 44.9 Å². The van der Waals surface area contributed by atoms with Crippen LogP contribution in [0.3, 0.4) is 0 Å². The number of guanidine groups is 1. The second-order valence-corrected chi connectivity index (χ2v) is 10.6. The van der Waals surface area contributed by atoms with Crippen LogP contribution in [0, 0.1) is 11.8 Å². The minimum atomic E-state index is -0.638. The van der Waals surface area contributed by atoms with Gasteiger partial charge < -0.3 is 5.32 Å². The Morgan fingerprint density at radius 2 is 1.69 bits per heavy atom. The number of hydrazine groups is 1. The summed E-state index contributed by atoms with van der Waals surface area (Å²) in [7, 11) is 0. The predicted octanol–water partition coefficient (Wildman–Crippen LogP) is 3.37. The summed E-state index contributed by atoms with van der Waals surface area (Å²) in [5.74, 6) is 1.01. The molecule has 4 N–H and O–H groups in total. The molecule has 0 bridgehead atoms. The van der Waals surface area contributed by atoms with E-state index in [-0.39, 0.29) is 28.9 Å². The van der Waals surface area contributed by atoms with Crippen molar-refractivity contribution < 1.29 is 9.18 Å². The minimum Gasteiger partial charge on any atom is -0.351 e. The maximum atomic E-state index is 13.4. The molecular weight excluding hydrogens is 393 g/mol. The van der Waals surface area contributed by atoms with Crippen LogP contribution in [0.15, 0.2) is 4.99 Å². The van der Waals surface area contributed by atoms with Gasteiger partial charge in [-0.15, -0.1) is 11.6 Å². The first-order chi connectivity index (χ1) is 13.7. The van der Waals surface area contributed by atoms with Gasteiger partial charge in [0.05, 0.1) is 0 Å². The molecule has 166 valence electrons. The number of rotatable bonds is 3. The molecule has 2 saturated carbocycles. The van der Waals surface area contributed by atoms with Crippen LogP contribution in [-0.2, 0) is 4.79 Å². The normalized spacial score (nSPS) is 36.7. The van der Waals surface area contributed by atoms with Crippen LogP contribution >= 0.6 is 11.6 Å². The Hall–Kier alpha value is -0.920. The number of carbonyl (C=O) groups is 1. The molecular formula is C21H37ClFN5O. The number of hydrogen-bond acceptors (Lipinski definition) is 4. The third kappa shape index (κ3) is 7.07. The largest absolute Gasteiger partial charge is 0.351 e. The van der Waals surface area contributed by atoms with Gasteiger partial charge in [-0.1, -0.05) is 0 Å². The second-order valence-electron chi connectivity index (χ2n) is 9.95. The SMILES string of the molecule is CC(C)(C)N/C(=N\C1CC(C2CCC(F)CC2)NN1)NC(=O)C1CCC(Cl)CC1. The van der Waals surface area contributed by atoms with Crippen LogP contribution in [0.1, 0.15) is 78.6 Å². The zero-order chi connectivity index (χ0) is 21.0. The van der Waals surface area contributed by atoms with Crippen molar-refractivity contribution >= 4 is 23.5 Å². The van der Waals surface area contributed by atoms with E-state index in [0.29, 0.717) is 30.8 Å². The van der Waals surface area contributed by atoms with Crippen molar-refractivity contribution in [2.45, 2.75) is 108 Å². The lowest BCUT2D eigenvalue weighted by molar-refractivity contribution is -0.124. The molecule has 2 atom stereocenters. The number of nitrogens with zero attached hydrogens (tertiary/aromatic N) is 1. The molecule has 0 spiro atoms. The second kappa shape index (κ2) is 9.92. The summed E-state index contributed by atoms with van der Waals surface area (Å²) in [6.45, 7) is 6.14. The third-order valence-electron chi connectivity index (χ3n) is 6.23. The first-order valence-corrected chi connectivity index (χ1v) is 11.6. The molecule has 8 heteroatoms. The lowest BCUT2D eigenvalue weighted by Crippen LogP contribution is -2.52. The van der Waals surface area contributed by atoms with E-state index < -0.39 is 6.17 Å². The number of nitrogens with one attached hydrogen (secondary N) is 4. The highest BCUT2D eigenvalue weighted by atomic mass is 35.5. The average Bonchev–Trinajstić information content (AvgIpc) is 3.09. The Bertz CT molecular complexity index is 580. The van der Waals surface area contributed by atoms with Gasteiger partial charge in [-0.3, -0.25) is 15.5 Å². The third-order valence-corrected chi connectivity index (χ3v) is 6.67. The molecule has 1 aliphatic heterocycles. The van der Waals surface area contributed by atoms with Crippen LogP contribution < -0.4 is 21.5 Å². The summed E-state index contributed by atoms with van der Waals surface area (Å²) in [5.41, 5.74) is 6.38. The van der Waals surface area contributed by atoms with Gasteiger partial charge >= 0.3 is 0 Å². The van der Waals surface area contributed by atoms with Gasteiger partial charge in [0.1, 0.15) is 12.3 Å². The van der Waals surface area contributed by atoms with Crippen molar-refractivity contribution in [1.29, 1.82) is 0 Å². The Labute approximate surface area is 179 Å². The molecule has 6 nitrogen and oxygen atoms in total. The number of alkyl halides is 2. The van der Waals surface area contributed by atoms with Gasteiger partial charge in [0.2, 0.25) is 5.91 Å². The first-order valence-electron chi connectivity index (χ1n) is 11.2. The van der Waals surface area contributed by atoms with Crippen LogP contribution in [0.25, 0.3) is 0 Å². The number of carbonyl (C=O) groups excluding carboxylic acids is 1. The van der Waals surface area contributed by atoms with Crippen molar-refractivity contribution in [3.8, 4) is 0 Å². The molecule has 1 heterocycles. The van der Waals surface area contributed by atoms with Crippen molar-refractivity contribution in [3.05, 3.63) is 0 Å². The van der Waals surface area contributed by atoms with Gasteiger partial charge in [-0.25, -0.2) is 14.8 Å². The summed E-state index contributed by atoms with van der Waals surface area (Å²) < 4.78 is 13.4. The molecule has 2 unspecified atom stereocenters. The number of halogens is 2. The fraction of sp³-hybridized carbons (Fsp3) is 0.905. The van der Waals surface area contributed by atoms with E-state index in [4.69, 9.17) is 16.6 Å². The zero-order valence-corrected chi connectivity index (χ0v) is 18.7. The Kier molecular flexibility index (Phi) is 7.79. The average molecular weight is 430 g/mol. The van der Waals surface area contributed by atoms with E-state index in [1.165, 1.54) is 0 Å². The van der Waals surface area contributed by atoms with Crippen molar-refractivity contribution in [2.75, 3.05) is 0 Å². The molecule has 1 saturated heterocycles. The highest BCUT2D eigenvalue weighted by Gasteiger charge is 2.34. The smallest absolute Gasteiger partial charge is 0.229 e. The lowest BCUT2D eigenvalue weighted by Gasteiger charge is -2.28. The molecule has 3 fully saturated rings. The summed E-state index contributed by atoms with van der Waals surface area (Å²) >= 11 is 6.17. The van der Waals surface area contributed by atoms with Crippen LogP contribution in [0.4, 0.5) is 4.39 Å². The monoisotopic (exact) mass is 429 g/mol. The Balaban J connectivity index is 1.59. The fourth-order valence-electron chi connectivity index (χ4n) is 4.58.